The van der Waals surface area contributed by atoms with Crippen LogP contribution >= 0.6 is 23.2 Å². The van der Waals surface area contributed by atoms with Gasteiger partial charge >= 0.3 is 0 Å². The van der Waals surface area contributed by atoms with Crippen LogP contribution in [0.1, 0.15) is 57.1 Å². The van der Waals surface area contributed by atoms with Gasteiger partial charge in [0.25, 0.3) is 0 Å². The number of nitrogens with one attached hydrogen (secondary N) is 3. The lowest BCUT2D eigenvalue weighted by molar-refractivity contribution is -0.127. The minimum Gasteiger partial charge on any atom is -0.390 e. The molecule has 186 valence electrons. The molecule has 1 saturated carbocycles. The fourth-order valence-corrected chi connectivity index (χ4v) is 6.82. The molecule has 5 rings (SSSR count). The van der Waals surface area contributed by atoms with Crippen molar-refractivity contribution in [2.75, 3.05) is 5.32 Å². The van der Waals surface area contributed by atoms with Crippen LogP contribution in [-0.4, -0.2) is 40.1 Å². The molecule has 2 aromatic carbocycles. The molecule has 0 radical (unpaired) electrons. The van der Waals surface area contributed by atoms with Gasteiger partial charge in [-0.25, -0.2) is 4.39 Å². The van der Waals surface area contributed by atoms with E-state index in [1.165, 1.54) is 6.07 Å². The minimum absolute atomic E-state index is 0.0771. The largest absolute Gasteiger partial charge is 0.390 e. The zero-order valence-corrected chi connectivity index (χ0v) is 21.2. The van der Waals surface area contributed by atoms with Crippen LogP contribution in [0.2, 0.25) is 10.0 Å². The van der Waals surface area contributed by atoms with Crippen molar-refractivity contribution in [2.24, 2.45) is 0 Å². The molecule has 2 aromatic rings. The molecule has 0 bridgehead atoms. The molecule has 1 saturated heterocycles. The Morgan fingerprint density at radius 2 is 1.94 bits per heavy atom. The Morgan fingerprint density at radius 1 is 1.23 bits per heavy atom. The molecule has 6 nitrogen and oxygen atoms in total. The van der Waals surface area contributed by atoms with Crippen molar-refractivity contribution in [1.29, 1.82) is 0 Å². The highest BCUT2D eigenvalue weighted by Crippen LogP contribution is 2.60. The molecule has 2 aliphatic heterocycles. The molecule has 9 heteroatoms. The summed E-state index contributed by atoms with van der Waals surface area (Å²) in [6.07, 6.45) is 1.35. The van der Waals surface area contributed by atoms with Gasteiger partial charge in [-0.3, -0.25) is 14.9 Å². The maximum Gasteiger partial charge on any atom is 0.238 e. The van der Waals surface area contributed by atoms with Gasteiger partial charge in [-0.05, 0) is 62.4 Å². The summed E-state index contributed by atoms with van der Waals surface area (Å²) in [5.74, 6) is -2.21. The van der Waals surface area contributed by atoms with E-state index in [1.807, 2.05) is 13.8 Å². The molecule has 1 aliphatic carbocycles. The van der Waals surface area contributed by atoms with E-state index in [9.17, 15) is 14.7 Å². The molecule has 1 spiro atoms. The zero-order chi connectivity index (χ0) is 25.3. The summed E-state index contributed by atoms with van der Waals surface area (Å²) in [4.78, 5) is 27.6. The van der Waals surface area contributed by atoms with E-state index in [2.05, 4.69) is 16.0 Å². The van der Waals surface area contributed by atoms with E-state index in [4.69, 9.17) is 23.2 Å². The third-order valence-corrected chi connectivity index (χ3v) is 8.71. The van der Waals surface area contributed by atoms with Gasteiger partial charge in [0.15, 0.2) is 0 Å². The fourth-order valence-electron chi connectivity index (χ4n) is 6.46. The predicted molar refractivity (Wildman–Crippen MR) is 133 cm³/mol. The lowest BCUT2D eigenvalue weighted by Gasteiger charge is -2.42. The number of rotatable bonds is 4. The van der Waals surface area contributed by atoms with Crippen molar-refractivity contribution in [3.05, 3.63) is 63.4 Å². The quantitative estimate of drug-likeness (QED) is 0.485. The van der Waals surface area contributed by atoms with Crippen molar-refractivity contribution in [3.63, 3.8) is 0 Å². The van der Waals surface area contributed by atoms with Gasteiger partial charge in [-0.15, -0.1) is 0 Å². The highest BCUT2D eigenvalue weighted by atomic mass is 35.5. The molecule has 4 atom stereocenters. The Balaban J connectivity index is 1.70. The van der Waals surface area contributed by atoms with Crippen molar-refractivity contribution in [2.45, 2.75) is 74.6 Å². The third kappa shape index (κ3) is 3.50. The maximum absolute atomic E-state index is 15.6. The number of carbonyl (C=O) groups excluding carboxylic acids is 2. The monoisotopic (exact) mass is 519 g/mol. The molecule has 2 fully saturated rings. The van der Waals surface area contributed by atoms with Crippen molar-refractivity contribution in [1.82, 2.24) is 10.6 Å². The molecule has 0 aromatic heterocycles. The summed E-state index contributed by atoms with van der Waals surface area (Å²) in [5.41, 5.74) is -1.62. The lowest BCUT2D eigenvalue weighted by Crippen LogP contribution is -2.58. The Hall–Kier alpha value is -2.19. The molecule has 35 heavy (non-hydrogen) atoms. The van der Waals surface area contributed by atoms with E-state index in [1.54, 1.807) is 37.3 Å². The zero-order valence-electron chi connectivity index (χ0n) is 19.7. The number of fused-ring (bicyclic) bond motifs is 2. The van der Waals surface area contributed by atoms with Gasteiger partial charge in [-0.1, -0.05) is 48.3 Å². The Morgan fingerprint density at radius 3 is 2.60 bits per heavy atom. The molecular formula is C26H28Cl2FN3O3. The molecular weight excluding hydrogens is 492 g/mol. The molecule has 0 unspecified atom stereocenters. The Bertz CT molecular complexity index is 1230. The Labute approximate surface area is 213 Å². The van der Waals surface area contributed by atoms with Crippen LogP contribution in [0.15, 0.2) is 36.4 Å². The second kappa shape index (κ2) is 8.17. The molecule has 2 amide bonds. The smallest absolute Gasteiger partial charge is 0.238 e. The summed E-state index contributed by atoms with van der Waals surface area (Å²) in [6.45, 7) is 5.56. The second-order valence-electron chi connectivity index (χ2n) is 10.5. The fraction of sp³-hybridized carbons (Fsp3) is 0.462. The number of anilines is 1. The predicted octanol–water partition coefficient (Wildman–Crippen LogP) is 4.28. The van der Waals surface area contributed by atoms with Crippen LogP contribution < -0.4 is 16.0 Å². The highest BCUT2D eigenvalue weighted by molar-refractivity contribution is 6.31. The number of halogens is 3. The second-order valence-corrected chi connectivity index (χ2v) is 11.3. The standard InChI is InChI=1S/C26H28Cl2FN3O3/c1-4-25(3)26(16-9-8-13(27)10-18(16)31-23(26)34)19(15-6-5-7-17(28)20(15)29)21(32-25)22(33)30-14-11-24(2,35)12-14/h5-10,14,19,21,32,35H,4,11-12H2,1-3H3,(H,30,33)(H,31,34)/t14?,19-,21+,24?,25-,26+/m0/s1. The number of carbonyl (C=O) groups is 2. The van der Waals surface area contributed by atoms with E-state index in [0.29, 0.717) is 35.5 Å². The van der Waals surface area contributed by atoms with Crippen molar-refractivity contribution < 1.29 is 19.1 Å². The first-order chi connectivity index (χ1) is 16.4. The normalized spacial score (nSPS) is 35.5. The van der Waals surface area contributed by atoms with Crippen LogP contribution in [0.3, 0.4) is 0 Å². The summed E-state index contributed by atoms with van der Waals surface area (Å²) < 4.78 is 15.6. The maximum atomic E-state index is 15.6. The SMILES string of the molecule is CC[C@]1(C)N[C@@H](C(=O)NC2CC(C)(O)C2)[C@H](c2cccc(Cl)c2F)[C@]12C(=O)Nc1cc(Cl)ccc12. The van der Waals surface area contributed by atoms with Crippen LogP contribution in [0.5, 0.6) is 0 Å². The van der Waals surface area contributed by atoms with Gasteiger partial charge in [0.1, 0.15) is 11.2 Å². The topological polar surface area (TPSA) is 90.5 Å². The van der Waals surface area contributed by atoms with E-state index in [-0.39, 0.29) is 28.4 Å². The first-order valence-electron chi connectivity index (χ1n) is 11.8. The highest BCUT2D eigenvalue weighted by Gasteiger charge is 2.70. The summed E-state index contributed by atoms with van der Waals surface area (Å²) in [5, 5.41) is 19.9. The van der Waals surface area contributed by atoms with E-state index >= 15 is 4.39 Å². The average molecular weight is 520 g/mol. The summed E-state index contributed by atoms with van der Waals surface area (Å²) >= 11 is 12.4. The lowest BCUT2D eigenvalue weighted by atomic mass is 9.59. The van der Waals surface area contributed by atoms with Crippen molar-refractivity contribution >= 4 is 40.7 Å². The van der Waals surface area contributed by atoms with Crippen molar-refractivity contribution in [3.8, 4) is 0 Å². The molecule has 4 N–H and O–H groups in total. The van der Waals surface area contributed by atoms with Crippen LogP contribution in [0, 0.1) is 5.82 Å². The van der Waals surface area contributed by atoms with Gasteiger partial charge in [0.2, 0.25) is 11.8 Å². The van der Waals surface area contributed by atoms with E-state index in [0.717, 1.165) is 0 Å². The first-order valence-corrected chi connectivity index (χ1v) is 12.5. The first kappa shape index (κ1) is 24.5. The third-order valence-electron chi connectivity index (χ3n) is 8.18. The summed E-state index contributed by atoms with van der Waals surface area (Å²) in [6, 6.07) is 8.70. The summed E-state index contributed by atoms with van der Waals surface area (Å²) in [7, 11) is 0. The van der Waals surface area contributed by atoms with Gasteiger partial charge in [-0.2, -0.15) is 0 Å². The molecule has 2 heterocycles. The van der Waals surface area contributed by atoms with Crippen LogP contribution in [0.25, 0.3) is 0 Å². The van der Waals surface area contributed by atoms with Crippen LogP contribution in [0.4, 0.5) is 10.1 Å². The van der Waals surface area contributed by atoms with Gasteiger partial charge in [0.05, 0.1) is 16.7 Å². The van der Waals surface area contributed by atoms with E-state index < -0.39 is 34.3 Å². The number of hydrogen-bond donors (Lipinski definition) is 4. The number of aliphatic hydroxyl groups is 1. The van der Waals surface area contributed by atoms with Gasteiger partial charge in [0, 0.05) is 28.2 Å². The number of amides is 2. The minimum atomic E-state index is -1.31. The van der Waals surface area contributed by atoms with Gasteiger partial charge < -0.3 is 15.7 Å². The number of benzene rings is 2. The van der Waals surface area contributed by atoms with Crippen LogP contribution in [-0.2, 0) is 15.0 Å². The molecule has 3 aliphatic rings. The number of hydrogen-bond acceptors (Lipinski definition) is 4. The average Bonchev–Trinajstić information content (AvgIpc) is 3.21. The Kier molecular flexibility index (Phi) is 5.72.